The van der Waals surface area contributed by atoms with Crippen molar-refractivity contribution in [3.63, 3.8) is 0 Å². The van der Waals surface area contributed by atoms with Crippen molar-refractivity contribution in [2.45, 2.75) is 6.92 Å². The van der Waals surface area contributed by atoms with Crippen molar-refractivity contribution >= 4 is 11.6 Å². The highest BCUT2D eigenvalue weighted by molar-refractivity contribution is 6.04. The van der Waals surface area contributed by atoms with Crippen LogP contribution in [-0.2, 0) is 0 Å². The first-order valence-corrected chi connectivity index (χ1v) is 9.17. The SMILES string of the molecule is CCOc1ccc(C(=O)Nc2ccc(Oc3cccc(OC)c3)cc2)cc1OC. The highest BCUT2D eigenvalue weighted by atomic mass is 16.5. The molecule has 0 heterocycles. The van der Waals surface area contributed by atoms with E-state index in [1.807, 2.05) is 25.1 Å². The Hall–Kier alpha value is -3.67. The van der Waals surface area contributed by atoms with Crippen LogP contribution in [0.3, 0.4) is 0 Å². The minimum atomic E-state index is -0.243. The van der Waals surface area contributed by atoms with Gasteiger partial charge in [-0.1, -0.05) is 6.07 Å². The molecule has 1 N–H and O–H groups in total. The Morgan fingerprint density at radius 2 is 1.59 bits per heavy atom. The number of carbonyl (C=O) groups is 1. The fourth-order valence-electron chi connectivity index (χ4n) is 2.69. The van der Waals surface area contributed by atoms with E-state index in [9.17, 15) is 4.79 Å². The average Bonchev–Trinajstić information content (AvgIpc) is 2.75. The summed E-state index contributed by atoms with van der Waals surface area (Å²) >= 11 is 0. The molecule has 0 aliphatic rings. The van der Waals surface area contributed by atoms with Crippen LogP contribution >= 0.6 is 0 Å². The van der Waals surface area contributed by atoms with Crippen LogP contribution < -0.4 is 24.3 Å². The number of benzene rings is 3. The molecule has 6 heteroatoms. The molecule has 0 aromatic heterocycles. The molecule has 0 aliphatic heterocycles. The molecule has 1 amide bonds. The third kappa shape index (κ3) is 5.19. The van der Waals surface area contributed by atoms with Crippen LogP contribution in [0, 0.1) is 0 Å². The van der Waals surface area contributed by atoms with Crippen molar-refractivity contribution < 1.29 is 23.7 Å². The summed E-state index contributed by atoms with van der Waals surface area (Å²) in [6, 6.07) is 19.5. The highest BCUT2D eigenvalue weighted by Crippen LogP contribution is 2.29. The van der Waals surface area contributed by atoms with Crippen LogP contribution in [0.25, 0.3) is 0 Å². The molecule has 3 aromatic rings. The Balaban J connectivity index is 1.66. The van der Waals surface area contributed by atoms with Gasteiger partial charge in [0.25, 0.3) is 5.91 Å². The van der Waals surface area contributed by atoms with E-state index in [2.05, 4.69) is 5.32 Å². The van der Waals surface area contributed by atoms with Gasteiger partial charge < -0.3 is 24.3 Å². The maximum atomic E-state index is 12.5. The number of amides is 1. The van der Waals surface area contributed by atoms with Crippen molar-refractivity contribution in [1.29, 1.82) is 0 Å². The second-order valence-electron chi connectivity index (χ2n) is 6.06. The zero-order chi connectivity index (χ0) is 20.6. The van der Waals surface area contributed by atoms with Crippen molar-refractivity contribution in [3.05, 3.63) is 72.3 Å². The second-order valence-corrected chi connectivity index (χ2v) is 6.06. The fraction of sp³-hybridized carbons (Fsp3) is 0.174. The molecule has 0 unspecified atom stereocenters. The molecule has 3 rings (SSSR count). The quantitative estimate of drug-likeness (QED) is 0.573. The maximum Gasteiger partial charge on any atom is 0.255 e. The Morgan fingerprint density at radius 3 is 2.28 bits per heavy atom. The standard InChI is InChI=1S/C23H23NO5/c1-4-28-21-13-8-16(14-22(21)27-3)23(25)24-17-9-11-18(12-10-17)29-20-7-5-6-19(15-20)26-2/h5-15H,4H2,1-3H3,(H,24,25). The molecule has 0 saturated heterocycles. The van der Waals surface area contributed by atoms with Gasteiger partial charge >= 0.3 is 0 Å². The maximum absolute atomic E-state index is 12.5. The normalized spacial score (nSPS) is 10.2. The van der Waals surface area contributed by atoms with E-state index < -0.39 is 0 Å². The highest BCUT2D eigenvalue weighted by Gasteiger charge is 2.11. The van der Waals surface area contributed by atoms with Gasteiger partial charge in [-0.3, -0.25) is 4.79 Å². The third-order valence-corrected chi connectivity index (χ3v) is 4.11. The predicted molar refractivity (Wildman–Crippen MR) is 112 cm³/mol. The molecular formula is C23H23NO5. The summed E-state index contributed by atoms with van der Waals surface area (Å²) in [4.78, 5) is 12.5. The summed E-state index contributed by atoms with van der Waals surface area (Å²) in [5, 5.41) is 2.86. The first-order chi connectivity index (χ1) is 14.1. The molecule has 150 valence electrons. The summed E-state index contributed by atoms with van der Waals surface area (Å²) in [7, 11) is 3.15. The van der Waals surface area contributed by atoms with E-state index in [0.717, 1.165) is 5.75 Å². The molecule has 6 nitrogen and oxygen atoms in total. The minimum Gasteiger partial charge on any atom is -0.497 e. The van der Waals surface area contributed by atoms with Crippen LogP contribution in [0.15, 0.2) is 66.7 Å². The van der Waals surface area contributed by atoms with Gasteiger partial charge in [0.15, 0.2) is 11.5 Å². The van der Waals surface area contributed by atoms with Crippen molar-refractivity contribution in [2.24, 2.45) is 0 Å². The summed E-state index contributed by atoms with van der Waals surface area (Å²) in [6.07, 6.45) is 0. The first-order valence-electron chi connectivity index (χ1n) is 9.17. The largest absolute Gasteiger partial charge is 0.497 e. The summed E-state index contributed by atoms with van der Waals surface area (Å²) in [5.41, 5.74) is 1.13. The van der Waals surface area contributed by atoms with E-state index in [1.165, 1.54) is 0 Å². The minimum absolute atomic E-state index is 0.243. The Morgan fingerprint density at radius 1 is 0.828 bits per heavy atom. The molecule has 0 spiro atoms. The number of rotatable bonds is 8. The summed E-state index contributed by atoms with van der Waals surface area (Å²) < 4.78 is 21.8. The number of hydrogen-bond acceptors (Lipinski definition) is 5. The zero-order valence-corrected chi connectivity index (χ0v) is 16.6. The Labute approximate surface area is 170 Å². The van der Waals surface area contributed by atoms with Gasteiger partial charge in [0.05, 0.1) is 20.8 Å². The van der Waals surface area contributed by atoms with Crippen LogP contribution in [0.4, 0.5) is 5.69 Å². The van der Waals surface area contributed by atoms with Gasteiger partial charge in [-0.2, -0.15) is 0 Å². The summed E-state index contributed by atoms with van der Waals surface area (Å²) in [5.74, 6) is 2.92. The molecule has 0 atom stereocenters. The second kappa shape index (κ2) is 9.50. The van der Waals surface area contributed by atoms with E-state index in [0.29, 0.717) is 40.9 Å². The van der Waals surface area contributed by atoms with E-state index >= 15 is 0 Å². The zero-order valence-electron chi connectivity index (χ0n) is 16.6. The topological polar surface area (TPSA) is 66.0 Å². The van der Waals surface area contributed by atoms with Crippen molar-refractivity contribution in [2.75, 3.05) is 26.1 Å². The third-order valence-electron chi connectivity index (χ3n) is 4.11. The predicted octanol–water partition coefficient (Wildman–Crippen LogP) is 5.15. The van der Waals surface area contributed by atoms with Gasteiger partial charge in [-0.25, -0.2) is 0 Å². The smallest absolute Gasteiger partial charge is 0.255 e. The number of nitrogens with one attached hydrogen (secondary N) is 1. The average molecular weight is 393 g/mol. The first kappa shape index (κ1) is 20.1. The lowest BCUT2D eigenvalue weighted by Gasteiger charge is -2.12. The molecule has 0 aliphatic carbocycles. The van der Waals surface area contributed by atoms with Crippen LogP contribution in [0.1, 0.15) is 17.3 Å². The number of methoxy groups -OCH3 is 2. The molecule has 29 heavy (non-hydrogen) atoms. The Kier molecular flexibility index (Phi) is 6.58. The molecule has 0 saturated carbocycles. The Bertz CT molecular complexity index is 969. The van der Waals surface area contributed by atoms with Gasteiger partial charge in [0.1, 0.15) is 17.2 Å². The fourth-order valence-corrected chi connectivity index (χ4v) is 2.69. The molecular weight excluding hydrogens is 370 g/mol. The number of ether oxygens (including phenoxy) is 4. The van der Waals surface area contributed by atoms with Gasteiger partial charge in [0, 0.05) is 17.3 Å². The van der Waals surface area contributed by atoms with Crippen molar-refractivity contribution in [3.8, 4) is 28.7 Å². The number of anilines is 1. The summed E-state index contributed by atoms with van der Waals surface area (Å²) in [6.45, 7) is 2.41. The van der Waals surface area contributed by atoms with Crippen LogP contribution in [-0.4, -0.2) is 26.7 Å². The van der Waals surface area contributed by atoms with E-state index in [-0.39, 0.29) is 5.91 Å². The van der Waals surface area contributed by atoms with Crippen LogP contribution in [0.5, 0.6) is 28.7 Å². The van der Waals surface area contributed by atoms with Crippen molar-refractivity contribution in [1.82, 2.24) is 0 Å². The van der Waals surface area contributed by atoms with Gasteiger partial charge in [-0.15, -0.1) is 0 Å². The lowest BCUT2D eigenvalue weighted by Crippen LogP contribution is -2.12. The van der Waals surface area contributed by atoms with E-state index in [4.69, 9.17) is 18.9 Å². The van der Waals surface area contributed by atoms with Gasteiger partial charge in [0.2, 0.25) is 0 Å². The molecule has 0 radical (unpaired) electrons. The number of hydrogen-bond donors (Lipinski definition) is 1. The molecule has 0 bridgehead atoms. The number of carbonyl (C=O) groups excluding carboxylic acids is 1. The van der Waals surface area contributed by atoms with Crippen LogP contribution in [0.2, 0.25) is 0 Å². The molecule has 3 aromatic carbocycles. The lowest BCUT2D eigenvalue weighted by molar-refractivity contribution is 0.102. The monoisotopic (exact) mass is 393 g/mol. The van der Waals surface area contributed by atoms with E-state index in [1.54, 1.807) is 62.8 Å². The van der Waals surface area contributed by atoms with Gasteiger partial charge in [-0.05, 0) is 61.5 Å². The lowest BCUT2D eigenvalue weighted by atomic mass is 10.2. The molecule has 0 fully saturated rings.